The number of hydrogen-bond donors (Lipinski definition) is 1. The predicted molar refractivity (Wildman–Crippen MR) is 196 cm³/mol. The average Bonchev–Trinajstić information content (AvgIpc) is 3.41. The molecule has 0 heterocycles. The van der Waals surface area contributed by atoms with Crippen molar-refractivity contribution in [1.29, 1.82) is 0 Å². The summed E-state index contributed by atoms with van der Waals surface area (Å²) in [5, 5.41) is 3.72. The van der Waals surface area contributed by atoms with Crippen molar-refractivity contribution in [1.82, 2.24) is 0 Å². The maximum Gasteiger partial charge on any atom is 0.0463 e. The third-order valence-electron chi connectivity index (χ3n) is 12.2. The molecule has 5 aliphatic carbocycles. The molecule has 0 aliphatic heterocycles. The van der Waals surface area contributed by atoms with Crippen molar-refractivity contribution in [2.45, 2.75) is 37.5 Å². The molecule has 1 heteroatoms. The van der Waals surface area contributed by atoms with Crippen LogP contribution in [0.5, 0.6) is 0 Å². The van der Waals surface area contributed by atoms with Crippen LogP contribution in [0.25, 0.3) is 44.5 Å². The first-order chi connectivity index (χ1) is 23.2. The standard InChI is InChI=1S/C46H39N/c1-2-10-32(11-3-1)40-16-5-7-19-45(40)47-39-15-9-14-35(28-39)33-12-8-13-34(27-33)36-20-21-42-41-17-4-6-18-43(41)46(44(42)29-36)37-23-30-22-31(25-37)26-38(46)24-30/h1-21,27-31,37-38,47H,22-26H2. The SMILES string of the molecule is c1ccc(-c2ccccc2Nc2cccc(-c3cccc(-c4ccc5c(c4)C4(c6ccccc6-5)C5CC6CC(C5)CC4C6)c3)c2)cc1. The first kappa shape index (κ1) is 27.3. The minimum atomic E-state index is 0.197. The van der Waals surface area contributed by atoms with Crippen LogP contribution in [0.1, 0.15) is 43.2 Å². The van der Waals surface area contributed by atoms with Gasteiger partial charge < -0.3 is 5.32 Å². The van der Waals surface area contributed by atoms with Gasteiger partial charge in [0.15, 0.2) is 0 Å². The number of anilines is 2. The molecule has 0 unspecified atom stereocenters. The molecule has 11 rings (SSSR count). The Hall–Kier alpha value is -4.88. The van der Waals surface area contributed by atoms with Gasteiger partial charge in [0.1, 0.15) is 0 Å². The van der Waals surface area contributed by atoms with Gasteiger partial charge in [-0.3, -0.25) is 0 Å². The van der Waals surface area contributed by atoms with Gasteiger partial charge in [0, 0.05) is 22.4 Å². The Labute approximate surface area is 278 Å². The molecule has 4 saturated carbocycles. The van der Waals surface area contributed by atoms with Gasteiger partial charge in [0.05, 0.1) is 0 Å². The summed E-state index contributed by atoms with van der Waals surface area (Å²) in [6.45, 7) is 0. The Kier molecular flexibility index (Phi) is 6.13. The third kappa shape index (κ3) is 4.22. The summed E-state index contributed by atoms with van der Waals surface area (Å²) in [5.74, 6) is 3.47. The maximum atomic E-state index is 3.72. The highest BCUT2D eigenvalue weighted by molar-refractivity contribution is 5.86. The van der Waals surface area contributed by atoms with E-state index >= 15 is 0 Å². The molecule has 5 aliphatic rings. The maximum absolute atomic E-state index is 3.72. The molecule has 0 amide bonds. The van der Waals surface area contributed by atoms with Gasteiger partial charge in [-0.1, -0.05) is 115 Å². The van der Waals surface area contributed by atoms with Crippen LogP contribution in [0.2, 0.25) is 0 Å². The average molecular weight is 606 g/mol. The van der Waals surface area contributed by atoms with Gasteiger partial charge in [0.2, 0.25) is 0 Å². The predicted octanol–water partition coefficient (Wildman–Crippen LogP) is 12.2. The summed E-state index contributed by atoms with van der Waals surface area (Å²) >= 11 is 0. The van der Waals surface area contributed by atoms with Gasteiger partial charge in [-0.25, -0.2) is 0 Å². The molecule has 0 saturated heterocycles. The molecule has 0 radical (unpaired) electrons. The fraction of sp³-hybridized carbons (Fsp3) is 0.217. The zero-order chi connectivity index (χ0) is 31.0. The van der Waals surface area contributed by atoms with Crippen LogP contribution in [0, 0.1) is 23.7 Å². The van der Waals surface area contributed by atoms with Crippen molar-refractivity contribution >= 4 is 11.4 Å². The molecule has 4 fully saturated rings. The number of fused-ring (bicyclic) bond motifs is 3. The van der Waals surface area contributed by atoms with E-state index in [1.807, 2.05) is 0 Å². The van der Waals surface area contributed by atoms with E-state index in [1.165, 1.54) is 76.6 Å². The summed E-state index contributed by atoms with van der Waals surface area (Å²) in [5.41, 5.74) is 16.2. The Balaban J connectivity index is 1.01. The molecule has 1 N–H and O–H groups in total. The molecule has 4 bridgehead atoms. The number of rotatable bonds is 5. The fourth-order valence-corrected chi connectivity index (χ4v) is 10.6. The normalized spacial score (nSPS) is 24.7. The van der Waals surface area contributed by atoms with E-state index in [0.717, 1.165) is 35.0 Å². The van der Waals surface area contributed by atoms with E-state index in [9.17, 15) is 0 Å². The third-order valence-corrected chi connectivity index (χ3v) is 12.2. The van der Waals surface area contributed by atoms with Crippen LogP contribution in [0.15, 0.2) is 146 Å². The summed E-state index contributed by atoms with van der Waals surface area (Å²) < 4.78 is 0. The van der Waals surface area contributed by atoms with E-state index in [4.69, 9.17) is 0 Å². The minimum Gasteiger partial charge on any atom is -0.355 e. The highest BCUT2D eigenvalue weighted by Gasteiger charge is 2.61. The number of nitrogens with one attached hydrogen (secondary N) is 1. The van der Waals surface area contributed by atoms with E-state index < -0.39 is 0 Å². The van der Waals surface area contributed by atoms with Crippen LogP contribution in [0.4, 0.5) is 11.4 Å². The topological polar surface area (TPSA) is 12.0 Å². The molecule has 6 aromatic rings. The van der Waals surface area contributed by atoms with Crippen LogP contribution < -0.4 is 5.32 Å². The highest BCUT2D eigenvalue weighted by Crippen LogP contribution is 2.69. The lowest BCUT2D eigenvalue weighted by Gasteiger charge is -2.61. The van der Waals surface area contributed by atoms with E-state index in [0.29, 0.717) is 0 Å². The van der Waals surface area contributed by atoms with Gasteiger partial charge >= 0.3 is 0 Å². The van der Waals surface area contributed by atoms with Crippen molar-refractivity contribution in [3.05, 3.63) is 157 Å². The quantitative estimate of drug-likeness (QED) is 0.206. The summed E-state index contributed by atoms with van der Waals surface area (Å²) in [4.78, 5) is 0. The largest absolute Gasteiger partial charge is 0.355 e. The first-order valence-electron chi connectivity index (χ1n) is 17.6. The molecule has 0 aromatic heterocycles. The van der Waals surface area contributed by atoms with E-state index in [2.05, 4.69) is 151 Å². The minimum absolute atomic E-state index is 0.197. The highest BCUT2D eigenvalue weighted by atomic mass is 14.9. The van der Waals surface area contributed by atoms with Crippen molar-refractivity contribution < 1.29 is 0 Å². The Morgan fingerprint density at radius 2 is 0.979 bits per heavy atom. The molecule has 228 valence electrons. The van der Waals surface area contributed by atoms with Crippen molar-refractivity contribution in [3.8, 4) is 44.5 Å². The van der Waals surface area contributed by atoms with Crippen LogP contribution in [0.3, 0.4) is 0 Å². The second kappa shape index (κ2) is 10.6. The van der Waals surface area contributed by atoms with Crippen LogP contribution in [-0.2, 0) is 5.41 Å². The lowest BCUT2D eigenvalue weighted by Crippen LogP contribution is -2.55. The molecule has 1 nitrogen and oxygen atoms in total. The Morgan fingerprint density at radius 1 is 0.404 bits per heavy atom. The van der Waals surface area contributed by atoms with E-state index in [1.54, 1.807) is 11.1 Å². The molecular formula is C46H39N. The second-order valence-electron chi connectivity index (χ2n) is 14.7. The lowest BCUT2D eigenvalue weighted by molar-refractivity contribution is -0.0399. The fourth-order valence-electron chi connectivity index (χ4n) is 10.6. The van der Waals surface area contributed by atoms with Crippen molar-refractivity contribution in [2.75, 3.05) is 5.32 Å². The van der Waals surface area contributed by atoms with Gasteiger partial charge in [-0.05, 0) is 136 Å². The van der Waals surface area contributed by atoms with Gasteiger partial charge in [-0.2, -0.15) is 0 Å². The number of para-hydroxylation sites is 1. The number of benzene rings is 6. The summed E-state index contributed by atoms with van der Waals surface area (Å²) in [7, 11) is 0. The van der Waals surface area contributed by atoms with E-state index in [-0.39, 0.29) is 5.41 Å². The van der Waals surface area contributed by atoms with Crippen molar-refractivity contribution in [2.24, 2.45) is 23.7 Å². The van der Waals surface area contributed by atoms with Crippen LogP contribution in [-0.4, -0.2) is 0 Å². The molecule has 1 spiro atoms. The summed E-state index contributed by atoms with van der Waals surface area (Å²) in [6, 6.07) is 54.1. The molecule has 0 atom stereocenters. The summed E-state index contributed by atoms with van der Waals surface area (Å²) in [6.07, 6.45) is 7.16. The zero-order valence-electron chi connectivity index (χ0n) is 26.7. The number of hydrogen-bond acceptors (Lipinski definition) is 1. The lowest BCUT2D eigenvalue weighted by atomic mass is 9.43. The second-order valence-corrected chi connectivity index (χ2v) is 14.7. The van der Waals surface area contributed by atoms with Gasteiger partial charge in [0.25, 0.3) is 0 Å². The Bertz CT molecular complexity index is 2110. The first-order valence-corrected chi connectivity index (χ1v) is 17.6. The van der Waals surface area contributed by atoms with Crippen molar-refractivity contribution in [3.63, 3.8) is 0 Å². The smallest absolute Gasteiger partial charge is 0.0463 e. The molecule has 47 heavy (non-hydrogen) atoms. The van der Waals surface area contributed by atoms with Crippen LogP contribution >= 0.6 is 0 Å². The van der Waals surface area contributed by atoms with Gasteiger partial charge in [-0.15, -0.1) is 0 Å². The molecule has 6 aromatic carbocycles. The molecular weight excluding hydrogens is 567 g/mol. The zero-order valence-corrected chi connectivity index (χ0v) is 26.7. The Morgan fingerprint density at radius 3 is 1.74 bits per heavy atom. The monoisotopic (exact) mass is 605 g/mol.